The van der Waals surface area contributed by atoms with Gasteiger partial charge in [0.05, 0.1) is 4.90 Å². The minimum absolute atomic E-state index is 0.0221. The third-order valence-electron chi connectivity index (χ3n) is 6.16. The van der Waals surface area contributed by atoms with Crippen molar-refractivity contribution < 1.29 is 13.2 Å². The molecule has 2 saturated carbocycles. The van der Waals surface area contributed by atoms with Gasteiger partial charge in [0, 0.05) is 23.7 Å². The van der Waals surface area contributed by atoms with Gasteiger partial charge in [-0.1, -0.05) is 19.8 Å². The Morgan fingerprint density at radius 2 is 1.85 bits per heavy atom. The molecule has 0 spiro atoms. The van der Waals surface area contributed by atoms with Crippen molar-refractivity contribution in [1.82, 2.24) is 4.72 Å². The molecule has 1 aromatic carbocycles. The van der Waals surface area contributed by atoms with E-state index >= 15 is 0 Å². The van der Waals surface area contributed by atoms with Gasteiger partial charge in [0.15, 0.2) is 0 Å². The SMILES string of the molecule is C[C@@H]1CCCC[C@@H]1NS(=O)(=O)c1ccc2c(c1)C[C@H](C)N2C(=O)C1CC1. The fourth-order valence-corrected chi connectivity index (χ4v) is 5.83. The minimum Gasteiger partial charge on any atom is -0.309 e. The first-order chi connectivity index (χ1) is 12.4. The van der Waals surface area contributed by atoms with Crippen LogP contribution in [0.15, 0.2) is 23.1 Å². The van der Waals surface area contributed by atoms with Gasteiger partial charge in [0.1, 0.15) is 0 Å². The summed E-state index contributed by atoms with van der Waals surface area (Å²) < 4.78 is 28.7. The quantitative estimate of drug-likeness (QED) is 0.877. The Hall–Kier alpha value is -1.40. The van der Waals surface area contributed by atoms with Gasteiger partial charge in [-0.15, -0.1) is 0 Å². The molecule has 0 aromatic heterocycles. The second-order valence-corrected chi connectivity index (χ2v) is 10.0. The molecule has 1 amide bonds. The molecule has 2 aliphatic carbocycles. The van der Waals surface area contributed by atoms with Crippen LogP contribution >= 0.6 is 0 Å². The maximum Gasteiger partial charge on any atom is 0.240 e. The van der Waals surface area contributed by atoms with E-state index in [1.165, 1.54) is 6.42 Å². The van der Waals surface area contributed by atoms with Crippen LogP contribution in [-0.2, 0) is 21.2 Å². The number of nitrogens with zero attached hydrogens (tertiary/aromatic N) is 1. The molecule has 1 N–H and O–H groups in total. The van der Waals surface area contributed by atoms with Crippen molar-refractivity contribution in [1.29, 1.82) is 0 Å². The van der Waals surface area contributed by atoms with Crippen LogP contribution in [0.2, 0.25) is 0 Å². The Morgan fingerprint density at radius 3 is 2.54 bits per heavy atom. The van der Waals surface area contributed by atoms with Crippen LogP contribution in [0.25, 0.3) is 0 Å². The third-order valence-corrected chi connectivity index (χ3v) is 7.65. The molecule has 3 aliphatic rings. The molecule has 0 saturated heterocycles. The van der Waals surface area contributed by atoms with Gasteiger partial charge in [-0.2, -0.15) is 0 Å². The van der Waals surface area contributed by atoms with Crippen LogP contribution in [0.3, 0.4) is 0 Å². The summed E-state index contributed by atoms with van der Waals surface area (Å²) in [5.41, 5.74) is 1.85. The van der Waals surface area contributed by atoms with Crippen molar-refractivity contribution in [2.75, 3.05) is 4.90 Å². The highest BCUT2D eigenvalue weighted by Crippen LogP contribution is 2.39. The van der Waals surface area contributed by atoms with E-state index in [0.717, 1.165) is 49.8 Å². The number of rotatable bonds is 4. The monoisotopic (exact) mass is 376 g/mol. The number of amides is 1. The molecule has 3 atom stereocenters. The fourth-order valence-electron chi connectivity index (χ4n) is 4.40. The number of fused-ring (bicyclic) bond motifs is 1. The van der Waals surface area contributed by atoms with Crippen molar-refractivity contribution in [2.45, 2.75) is 75.8 Å². The average molecular weight is 377 g/mol. The van der Waals surface area contributed by atoms with Crippen LogP contribution in [0.1, 0.15) is 57.9 Å². The van der Waals surface area contributed by atoms with Crippen LogP contribution in [-0.4, -0.2) is 26.4 Å². The lowest BCUT2D eigenvalue weighted by Crippen LogP contribution is -2.41. The normalized spacial score (nSPS) is 28.8. The van der Waals surface area contributed by atoms with Crippen molar-refractivity contribution in [3.63, 3.8) is 0 Å². The summed E-state index contributed by atoms with van der Waals surface area (Å²) in [6.45, 7) is 4.16. The maximum atomic E-state index is 12.9. The number of hydrogen-bond donors (Lipinski definition) is 1. The highest BCUT2D eigenvalue weighted by Gasteiger charge is 2.40. The van der Waals surface area contributed by atoms with Gasteiger partial charge < -0.3 is 4.90 Å². The van der Waals surface area contributed by atoms with Gasteiger partial charge in [0.2, 0.25) is 15.9 Å². The minimum atomic E-state index is -3.53. The number of nitrogens with one attached hydrogen (secondary N) is 1. The van der Waals surface area contributed by atoms with Gasteiger partial charge in [-0.05, 0) is 68.7 Å². The zero-order chi connectivity index (χ0) is 18.5. The molecule has 0 bridgehead atoms. The lowest BCUT2D eigenvalue weighted by atomic mass is 9.87. The summed E-state index contributed by atoms with van der Waals surface area (Å²) in [5.74, 6) is 0.738. The van der Waals surface area contributed by atoms with E-state index in [-0.39, 0.29) is 23.9 Å². The Labute approximate surface area is 156 Å². The smallest absolute Gasteiger partial charge is 0.240 e. The number of sulfonamides is 1. The number of hydrogen-bond acceptors (Lipinski definition) is 3. The summed E-state index contributed by atoms with van der Waals surface area (Å²) in [5, 5.41) is 0. The van der Waals surface area contributed by atoms with Crippen molar-refractivity contribution in [3.8, 4) is 0 Å². The molecule has 142 valence electrons. The number of benzene rings is 1. The maximum absolute atomic E-state index is 12.9. The number of carbonyl (C=O) groups excluding carboxylic acids is 1. The van der Waals surface area contributed by atoms with Crippen LogP contribution in [0, 0.1) is 11.8 Å². The zero-order valence-corrected chi connectivity index (χ0v) is 16.4. The van der Waals surface area contributed by atoms with Crippen molar-refractivity contribution >= 4 is 21.6 Å². The molecule has 5 nitrogen and oxygen atoms in total. The van der Waals surface area contributed by atoms with E-state index in [1.54, 1.807) is 12.1 Å². The molecule has 0 unspecified atom stereocenters. The predicted molar refractivity (Wildman–Crippen MR) is 102 cm³/mol. The molecule has 6 heteroatoms. The Kier molecular flexibility index (Phi) is 4.59. The van der Waals surface area contributed by atoms with E-state index in [1.807, 2.05) is 17.9 Å². The van der Waals surface area contributed by atoms with Gasteiger partial charge in [-0.25, -0.2) is 13.1 Å². The van der Waals surface area contributed by atoms with Crippen molar-refractivity contribution in [3.05, 3.63) is 23.8 Å². The molecule has 1 aliphatic heterocycles. The second-order valence-electron chi connectivity index (χ2n) is 8.32. The standard InChI is InChI=1S/C20H28N2O3S/c1-13-5-3-4-6-18(13)21-26(24,25)17-9-10-19-16(12-17)11-14(2)22(19)20(23)15-7-8-15/h9-10,12-15,18,21H,3-8,11H2,1-2H3/t13-,14+,18+/m1/s1. The van der Waals surface area contributed by atoms with E-state index in [2.05, 4.69) is 11.6 Å². The lowest BCUT2D eigenvalue weighted by molar-refractivity contribution is -0.120. The fraction of sp³-hybridized carbons (Fsp3) is 0.650. The lowest BCUT2D eigenvalue weighted by Gasteiger charge is -2.29. The Morgan fingerprint density at radius 1 is 1.12 bits per heavy atom. The molecule has 0 radical (unpaired) electrons. The highest BCUT2D eigenvalue weighted by molar-refractivity contribution is 7.89. The largest absolute Gasteiger partial charge is 0.309 e. The molecule has 1 heterocycles. The summed E-state index contributed by atoms with van der Waals surface area (Å²) in [7, 11) is -3.53. The molecule has 2 fully saturated rings. The first kappa shape index (κ1) is 18.0. The van der Waals surface area contributed by atoms with Crippen LogP contribution < -0.4 is 9.62 Å². The third kappa shape index (κ3) is 3.29. The zero-order valence-electron chi connectivity index (χ0n) is 15.6. The molecule has 4 rings (SSSR count). The highest BCUT2D eigenvalue weighted by atomic mass is 32.2. The van der Waals surface area contributed by atoms with E-state index < -0.39 is 10.0 Å². The Balaban J connectivity index is 1.57. The van der Waals surface area contributed by atoms with E-state index in [0.29, 0.717) is 10.8 Å². The van der Waals surface area contributed by atoms with E-state index in [4.69, 9.17) is 0 Å². The number of anilines is 1. The van der Waals surface area contributed by atoms with Gasteiger partial charge >= 0.3 is 0 Å². The number of carbonyl (C=O) groups is 1. The average Bonchev–Trinajstić information content (AvgIpc) is 3.38. The van der Waals surface area contributed by atoms with Crippen molar-refractivity contribution in [2.24, 2.45) is 11.8 Å². The molecule has 26 heavy (non-hydrogen) atoms. The molecule has 1 aromatic rings. The van der Waals surface area contributed by atoms with Crippen LogP contribution in [0.4, 0.5) is 5.69 Å². The first-order valence-corrected chi connectivity index (χ1v) is 11.3. The first-order valence-electron chi connectivity index (χ1n) is 9.85. The predicted octanol–water partition coefficient (Wildman–Crippen LogP) is 3.23. The summed E-state index contributed by atoms with van der Waals surface area (Å²) in [4.78, 5) is 14.8. The summed E-state index contributed by atoms with van der Waals surface area (Å²) in [6, 6.07) is 5.36. The Bertz CT molecular complexity index is 816. The van der Waals surface area contributed by atoms with Crippen LogP contribution in [0.5, 0.6) is 0 Å². The van der Waals surface area contributed by atoms with E-state index in [9.17, 15) is 13.2 Å². The molecular formula is C20H28N2O3S. The van der Waals surface area contributed by atoms with Gasteiger partial charge in [0.25, 0.3) is 0 Å². The second kappa shape index (κ2) is 6.64. The van der Waals surface area contributed by atoms with Gasteiger partial charge in [-0.3, -0.25) is 4.79 Å². The topological polar surface area (TPSA) is 66.5 Å². The molecular weight excluding hydrogens is 348 g/mol. The summed E-state index contributed by atoms with van der Waals surface area (Å²) >= 11 is 0. The summed E-state index contributed by atoms with van der Waals surface area (Å²) in [6.07, 6.45) is 6.93.